The van der Waals surface area contributed by atoms with Gasteiger partial charge in [0, 0.05) is 5.56 Å². The van der Waals surface area contributed by atoms with Gasteiger partial charge in [-0.3, -0.25) is 4.79 Å². The van der Waals surface area contributed by atoms with Crippen molar-refractivity contribution in [1.82, 2.24) is 0 Å². The van der Waals surface area contributed by atoms with Crippen molar-refractivity contribution in [2.24, 2.45) is 0 Å². The summed E-state index contributed by atoms with van der Waals surface area (Å²) in [6, 6.07) is 16.3. The molecular formula is C19H18O2. The fourth-order valence-corrected chi connectivity index (χ4v) is 3.46. The first-order valence-corrected chi connectivity index (χ1v) is 7.58. The summed E-state index contributed by atoms with van der Waals surface area (Å²) in [6.45, 7) is 2.07. The van der Waals surface area contributed by atoms with Crippen LogP contribution in [0.5, 0.6) is 0 Å². The highest BCUT2D eigenvalue weighted by atomic mass is 16.6. The van der Waals surface area contributed by atoms with Gasteiger partial charge in [0.25, 0.3) is 0 Å². The van der Waals surface area contributed by atoms with Gasteiger partial charge in [0.15, 0.2) is 11.4 Å². The molecule has 1 aliphatic carbocycles. The number of rotatable bonds is 1. The highest BCUT2D eigenvalue weighted by Crippen LogP contribution is 2.55. The quantitative estimate of drug-likeness (QED) is 0.737. The van der Waals surface area contributed by atoms with Crippen molar-refractivity contribution in [1.29, 1.82) is 0 Å². The van der Waals surface area contributed by atoms with E-state index in [-0.39, 0.29) is 11.9 Å². The molecule has 0 N–H and O–H groups in total. The molecule has 2 nitrogen and oxygen atoms in total. The standard InChI is InChI=1S/C19H18O2/c1-13-8-10-15(11-9-13)18-19(21-18)12-4-6-14-5-2-3-7-16(14)17(19)20/h2-3,5,7-11,18H,4,6,12H2,1H3/t18-,19+/m0/s1. The van der Waals surface area contributed by atoms with Gasteiger partial charge in [0.2, 0.25) is 0 Å². The number of fused-ring (bicyclic) bond motifs is 1. The van der Waals surface area contributed by atoms with Crippen LogP contribution < -0.4 is 0 Å². The van der Waals surface area contributed by atoms with E-state index >= 15 is 0 Å². The average molecular weight is 278 g/mol. The van der Waals surface area contributed by atoms with E-state index in [9.17, 15) is 4.79 Å². The van der Waals surface area contributed by atoms with Crippen LogP contribution in [-0.2, 0) is 11.2 Å². The SMILES string of the molecule is Cc1ccc([C@@H]2O[C@@]23CCCc2ccccc2C3=O)cc1. The van der Waals surface area contributed by atoms with Crippen molar-refractivity contribution in [3.63, 3.8) is 0 Å². The fraction of sp³-hybridized carbons (Fsp3) is 0.316. The van der Waals surface area contributed by atoms with E-state index < -0.39 is 5.60 Å². The van der Waals surface area contributed by atoms with Gasteiger partial charge in [0.05, 0.1) is 0 Å². The maximum atomic E-state index is 12.9. The van der Waals surface area contributed by atoms with Gasteiger partial charge in [-0.2, -0.15) is 0 Å². The Bertz CT molecular complexity index is 702. The summed E-state index contributed by atoms with van der Waals surface area (Å²) in [5.74, 6) is 0.168. The van der Waals surface area contributed by atoms with Gasteiger partial charge >= 0.3 is 0 Å². The van der Waals surface area contributed by atoms with E-state index in [2.05, 4.69) is 37.3 Å². The number of ether oxygens (including phenoxy) is 1. The Hall–Kier alpha value is -1.93. The Morgan fingerprint density at radius 2 is 1.86 bits per heavy atom. The molecule has 1 heterocycles. The second-order valence-electron chi connectivity index (χ2n) is 6.14. The summed E-state index contributed by atoms with van der Waals surface area (Å²) in [6.07, 6.45) is 2.72. The zero-order valence-electron chi connectivity index (χ0n) is 12.1. The molecule has 1 saturated heterocycles. The molecule has 0 aromatic heterocycles. The topological polar surface area (TPSA) is 29.6 Å². The molecule has 1 aliphatic heterocycles. The van der Waals surface area contributed by atoms with Gasteiger partial charge in [-0.05, 0) is 37.3 Å². The third-order valence-electron chi connectivity index (χ3n) is 4.72. The number of hydrogen-bond acceptors (Lipinski definition) is 2. The first-order chi connectivity index (χ1) is 10.2. The molecule has 1 spiro atoms. The number of epoxide rings is 1. The third kappa shape index (κ3) is 1.94. The number of carbonyl (C=O) groups is 1. The molecule has 4 rings (SSSR count). The first-order valence-electron chi connectivity index (χ1n) is 7.58. The van der Waals surface area contributed by atoms with Crippen molar-refractivity contribution >= 4 is 5.78 Å². The number of hydrogen-bond donors (Lipinski definition) is 0. The molecule has 2 aliphatic rings. The van der Waals surface area contributed by atoms with Crippen molar-refractivity contribution in [3.05, 3.63) is 70.8 Å². The minimum Gasteiger partial charge on any atom is -0.352 e. The molecule has 2 atom stereocenters. The summed E-state index contributed by atoms with van der Waals surface area (Å²) in [4.78, 5) is 12.9. The fourth-order valence-electron chi connectivity index (χ4n) is 3.46. The van der Waals surface area contributed by atoms with Crippen LogP contribution in [0.25, 0.3) is 0 Å². The predicted octanol–water partition coefficient (Wildman–Crippen LogP) is 4.02. The minimum atomic E-state index is -0.609. The second kappa shape index (κ2) is 4.54. The summed E-state index contributed by atoms with van der Waals surface area (Å²) < 4.78 is 5.97. The van der Waals surface area contributed by atoms with Gasteiger partial charge < -0.3 is 4.74 Å². The maximum absolute atomic E-state index is 12.9. The molecule has 2 aromatic carbocycles. The van der Waals surface area contributed by atoms with E-state index in [4.69, 9.17) is 4.74 Å². The number of Topliss-reactive ketones (excluding diaryl/α,β-unsaturated/α-hetero) is 1. The zero-order valence-corrected chi connectivity index (χ0v) is 12.1. The van der Waals surface area contributed by atoms with E-state index in [0.717, 1.165) is 36.0 Å². The lowest BCUT2D eigenvalue weighted by Gasteiger charge is -2.09. The molecule has 0 bridgehead atoms. The Kier molecular flexibility index (Phi) is 2.76. The van der Waals surface area contributed by atoms with E-state index in [0.29, 0.717) is 0 Å². The smallest absolute Gasteiger partial charge is 0.197 e. The van der Waals surface area contributed by atoms with Crippen LogP contribution in [0, 0.1) is 6.92 Å². The number of benzene rings is 2. The monoisotopic (exact) mass is 278 g/mol. The lowest BCUT2D eigenvalue weighted by atomic mass is 9.89. The molecular weight excluding hydrogens is 260 g/mol. The Balaban J connectivity index is 1.70. The van der Waals surface area contributed by atoms with Crippen molar-refractivity contribution < 1.29 is 9.53 Å². The molecule has 0 saturated carbocycles. The highest BCUT2D eigenvalue weighted by molar-refractivity contribution is 6.06. The zero-order chi connectivity index (χ0) is 14.4. The first kappa shape index (κ1) is 12.8. The van der Waals surface area contributed by atoms with Crippen molar-refractivity contribution in [2.45, 2.75) is 37.9 Å². The molecule has 106 valence electrons. The molecule has 2 aromatic rings. The predicted molar refractivity (Wildman–Crippen MR) is 81.4 cm³/mol. The van der Waals surface area contributed by atoms with E-state index in [1.165, 1.54) is 5.56 Å². The second-order valence-corrected chi connectivity index (χ2v) is 6.14. The minimum absolute atomic E-state index is 0.0724. The molecule has 2 heteroatoms. The van der Waals surface area contributed by atoms with Crippen LogP contribution in [-0.4, -0.2) is 11.4 Å². The third-order valence-corrected chi connectivity index (χ3v) is 4.72. The van der Waals surface area contributed by atoms with Gasteiger partial charge in [-0.15, -0.1) is 0 Å². The van der Waals surface area contributed by atoms with Crippen LogP contribution in [0.3, 0.4) is 0 Å². The van der Waals surface area contributed by atoms with Crippen LogP contribution in [0.15, 0.2) is 48.5 Å². The number of carbonyl (C=O) groups excluding carboxylic acids is 1. The Morgan fingerprint density at radius 3 is 2.67 bits per heavy atom. The Labute approximate surface area is 124 Å². The van der Waals surface area contributed by atoms with E-state index in [1.807, 2.05) is 18.2 Å². The summed E-state index contributed by atoms with van der Waals surface area (Å²) in [5, 5.41) is 0. The van der Waals surface area contributed by atoms with Crippen molar-refractivity contribution in [3.8, 4) is 0 Å². The molecule has 21 heavy (non-hydrogen) atoms. The molecule has 0 radical (unpaired) electrons. The Morgan fingerprint density at radius 1 is 1.10 bits per heavy atom. The normalized spacial score (nSPS) is 27.3. The molecule has 1 fully saturated rings. The van der Waals surface area contributed by atoms with Crippen LogP contribution in [0.1, 0.15) is 46.0 Å². The summed E-state index contributed by atoms with van der Waals surface area (Å²) >= 11 is 0. The van der Waals surface area contributed by atoms with Gasteiger partial charge in [-0.1, -0.05) is 54.1 Å². The summed E-state index contributed by atoms with van der Waals surface area (Å²) in [5.41, 5.74) is 3.75. The average Bonchev–Trinajstić information content (AvgIpc) is 3.25. The molecule has 0 amide bonds. The number of ketones is 1. The van der Waals surface area contributed by atoms with E-state index in [1.54, 1.807) is 0 Å². The van der Waals surface area contributed by atoms with Crippen LogP contribution in [0.2, 0.25) is 0 Å². The van der Waals surface area contributed by atoms with Gasteiger partial charge in [0.1, 0.15) is 6.10 Å². The summed E-state index contributed by atoms with van der Waals surface area (Å²) in [7, 11) is 0. The lowest BCUT2D eigenvalue weighted by Crippen LogP contribution is -2.24. The van der Waals surface area contributed by atoms with Gasteiger partial charge in [-0.25, -0.2) is 0 Å². The maximum Gasteiger partial charge on any atom is 0.197 e. The largest absolute Gasteiger partial charge is 0.352 e. The highest BCUT2D eigenvalue weighted by Gasteiger charge is 2.62. The van der Waals surface area contributed by atoms with Crippen LogP contribution in [0.4, 0.5) is 0 Å². The molecule has 0 unspecified atom stereocenters. The lowest BCUT2D eigenvalue weighted by molar-refractivity contribution is 0.0867. The van der Waals surface area contributed by atoms with Crippen molar-refractivity contribution in [2.75, 3.05) is 0 Å². The number of aryl methyl sites for hydroxylation is 2. The van der Waals surface area contributed by atoms with Crippen LogP contribution >= 0.6 is 0 Å².